The summed E-state index contributed by atoms with van der Waals surface area (Å²) in [5, 5.41) is 15.1. The predicted molar refractivity (Wildman–Crippen MR) is 132 cm³/mol. The molecule has 0 aromatic heterocycles. The molecule has 2 heterocycles. The van der Waals surface area contributed by atoms with Crippen molar-refractivity contribution in [2.75, 3.05) is 19.0 Å². The second kappa shape index (κ2) is 11.9. The van der Waals surface area contributed by atoms with E-state index in [0.29, 0.717) is 45.2 Å². The van der Waals surface area contributed by atoms with E-state index in [2.05, 4.69) is 5.32 Å². The third-order valence-electron chi connectivity index (χ3n) is 6.16. The first-order chi connectivity index (χ1) is 16.6. The number of ether oxygens (including phenoxy) is 1. The topological polar surface area (TPSA) is 116 Å². The van der Waals surface area contributed by atoms with Crippen molar-refractivity contribution in [3.63, 3.8) is 0 Å². The summed E-state index contributed by atoms with van der Waals surface area (Å²) >= 11 is 1.21. The second-order valence-electron chi connectivity index (χ2n) is 9.98. The fraction of sp³-hybridized carbons (Fsp3) is 0.600. The van der Waals surface area contributed by atoms with Gasteiger partial charge in [-0.3, -0.25) is 19.4 Å². The van der Waals surface area contributed by atoms with Crippen molar-refractivity contribution in [2.45, 2.75) is 70.2 Å². The molecular weight excluding hydrogens is 470 g/mol. The Kier molecular flexibility index (Phi) is 9.18. The molecule has 0 spiro atoms. The summed E-state index contributed by atoms with van der Waals surface area (Å²) in [6.07, 6.45) is 2.61. The maximum Gasteiger partial charge on any atom is 0.328 e. The van der Waals surface area contributed by atoms with Gasteiger partial charge in [0, 0.05) is 13.1 Å². The second-order valence-corrected chi connectivity index (χ2v) is 11.1. The number of fused-ring (bicyclic) bond motifs is 1. The smallest absolute Gasteiger partial charge is 0.328 e. The van der Waals surface area contributed by atoms with Crippen LogP contribution in [0.5, 0.6) is 0 Å². The minimum atomic E-state index is -1.03. The van der Waals surface area contributed by atoms with E-state index in [4.69, 9.17) is 4.74 Å². The zero-order valence-corrected chi connectivity index (χ0v) is 21.4. The SMILES string of the molecule is CC(C)(C)C(=O)OCS[C@@H](Cc1ccccc1)C(=O)NC1CCCN2CCC[C@@H](C(=O)O)N2C1=O. The van der Waals surface area contributed by atoms with E-state index in [1.807, 2.05) is 30.3 Å². The van der Waals surface area contributed by atoms with Gasteiger partial charge in [-0.25, -0.2) is 9.80 Å². The van der Waals surface area contributed by atoms with Crippen molar-refractivity contribution in [1.29, 1.82) is 0 Å². The van der Waals surface area contributed by atoms with Crippen LogP contribution >= 0.6 is 11.8 Å². The largest absolute Gasteiger partial charge is 0.480 e. The van der Waals surface area contributed by atoms with E-state index in [0.717, 1.165) is 5.56 Å². The molecule has 1 aromatic rings. The van der Waals surface area contributed by atoms with Crippen LogP contribution < -0.4 is 5.32 Å². The zero-order chi connectivity index (χ0) is 25.6. The van der Waals surface area contributed by atoms with Crippen LogP contribution in [-0.2, 0) is 30.3 Å². The van der Waals surface area contributed by atoms with Gasteiger partial charge in [-0.1, -0.05) is 30.3 Å². The number of rotatable bonds is 8. The molecule has 3 atom stereocenters. The van der Waals surface area contributed by atoms with Crippen molar-refractivity contribution in [2.24, 2.45) is 5.41 Å². The lowest BCUT2D eigenvalue weighted by atomic mass is 9.98. The molecule has 3 rings (SSSR count). The van der Waals surface area contributed by atoms with Crippen molar-refractivity contribution >= 4 is 35.5 Å². The fourth-order valence-corrected chi connectivity index (χ4v) is 5.11. The van der Waals surface area contributed by atoms with Crippen LogP contribution in [0.15, 0.2) is 30.3 Å². The molecule has 2 aliphatic heterocycles. The lowest BCUT2D eigenvalue weighted by Crippen LogP contribution is -2.61. The monoisotopic (exact) mass is 505 g/mol. The van der Waals surface area contributed by atoms with Crippen LogP contribution in [0, 0.1) is 5.41 Å². The van der Waals surface area contributed by atoms with Gasteiger partial charge in [0.1, 0.15) is 18.0 Å². The Hall–Kier alpha value is -2.59. The number of carbonyl (C=O) groups is 4. The highest BCUT2D eigenvalue weighted by Crippen LogP contribution is 2.25. The number of nitrogens with one attached hydrogen (secondary N) is 1. The predicted octanol–water partition coefficient (Wildman–Crippen LogP) is 2.45. The van der Waals surface area contributed by atoms with Gasteiger partial charge in [0.25, 0.3) is 5.91 Å². The van der Waals surface area contributed by atoms with Crippen LogP contribution in [0.4, 0.5) is 0 Å². The summed E-state index contributed by atoms with van der Waals surface area (Å²) in [5.41, 5.74) is 0.300. The van der Waals surface area contributed by atoms with Gasteiger partial charge in [0.2, 0.25) is 5.91 Å². The number of hydrazine groups is 1. The number of aliphatic carboxylic acids is 1. The Bertz CT molecular complexity index is 920. The average molecular weight is 506 g/mol. The van der Waals surface area contributed by atoms with Crippen LogP contribution in [0.3, 0.4) is 0 Å². The molecule has 0 aliphatic carbocycles. The summed E-state index contributed by atoms with van der Waals surface area (Å²) in [6.45, 7) is 6.49. The van der Waals surface area contributed by atoms with E-state index >= 15 is 0 Å². The normalized spacial score (nSPS) is 22.0. The maximum atomic E-state index is 13.4. The van der Waals surface area contributed by atoms with Crippen molar-refractivity contribution in [3.05, 3.63) is 35.9 Å². The van der Waals surface area contributed by atoms with E-state index in [9.17, 15) is 24.3 Å². The molecular formula is C25H35N3O6S. The van der Waals surface area contributed by atoms with Gasteiger partial charge < -0.3 is 15.2 Å². The van der Waals surface area contributed by atoms with Gasteiger partial charge in [-0.2, -0.15) is 0 Å². The lowest BCUT2D eigenvalue weighted by Gasteiger charge is -2.42. The Balaban J connectivity index is 1.71. The van der Waals surface area contributed by atoms with Crippen LogP contribution in [0.25, 0.3) is 0 Å². The number of amides is 2. The highest BCUT2D eigenvalue weighted by atomic mass is 32.2. The molecule has 1 unspecified atom stereocenters. The maximum absolute atomic E-state index is 13.4. The average Bonchev–Trinajstić information content (AvgIpc) is 2.97. The van der Waals surface area contributed by atoms with Crippen molar-refractivity contribution in [1.82, 2.24) is 15.3 Å². The summed E-state index contributed by atoms with van der Waals surface area (Å²) in [7, 11) is 0. The molecule has 0 saturated carbocycles. The molecule has 9 nitrogen and oxygen atoms in total. The molecule has 0 bridgehead atoms. The Morgan fingerprint density at radius 3 is 2.43 bits per heavy atom. The molecule has 2 N–H and O–H groups in total. The molecule has 2 amide bonds. The zero-order valence-electron chi connectivity index (χ0n) is 20.6. The van der Waals surface area contributed by atoms with E-state index < -0.39 is 28.7 Å². The minimum Gasteiger partial charge on any atom is -0.480 e. The fourth-order valence-electron chi connectivity index (χ4n) is 4.24. The van der Waals surface area contributed by atoms with Crippen molar-refractivity contribution < 1.29 is 29.0 Å². The standard InChI is InChI=1S/C25H35N3O6S/c1-25(2,3)24(33)34-16-35-20(15-17-9-5-4-6-10-17)21(29)26-18-11-7-13-27-14-8-12-19(23(31)32)28(27)22(18)30/h4-6,9-10,18-20H,7-8,11-16H2,1-3H3,(H,26,29)(H,31,32)/t18?,19-,20-/m0/s1. The van der Waals surface area contributed by atoms with Gasteiger partial charge in [0.15, 0.2) is 0 Å². The number of carboxylic acid groups (broad SMARTS) is 1. The number of hydrogen-bond donors (Lipinski definition) is 2. The van der Waals surface area contributed by atoms with Crippen molar-refractivity contribution in [3.8, 4) is 0 Å². The summed E-state index contributed by atoms with van der Waals surface area (Å²) < 4.78 is 5.36. The van der Waals surface area contributed by atoms with E-state index in [1.54, 1.807) is 25.8 Å². The number of thioether (sulfide) groups is 1. The highest BCUT2D eigenvalue weighted by Gasteiger charge is 2.42. The number of benzene rings is 1. The molecule has 192 valence electrons. The summed E-state index contributed by atoms with van der Waals surface area (Å²) in [6, 6.07) is 7.79. The first-order valence-corrected chi connectivity index (χ1v) is 13.1. The highest BCUT2D eigenvalue weighted by molar-refractivity contribution is 8.00. The van der Waals surface area contributed by atoms with Crippen LogP contribution in [0.2, 0.25) is 0 Å². The first-order valence-electron chi connectivity index (χ1n) is 12.0. The van der Waals surface area contributed by atoms with E-state index in [-0.39, 0.29) is 23.7 Å². The number of nitrogens with zero attached hydrogens (tertiary/aromatic N) is 2. The van der Waals surface area contributed by atoms with E-state index in [1.165, 1.54) is 16.8 Å². The summed E-state index contributed by atoms with van der Waals surface area (Å²) in [4.78, 5) is 50.7. The molecule has 1 aromatic carbocycles. The molecule has 0 radical (unpaired) electrons. The third-order valence-corrected chi connectivity index (χ3v) is 7.19. The van der Waals surface area contributed by atoms with Gasteiger partial charge >= 0.3 is 11.9 Å². The number of hydrogen-bond acceptors (Lipinski definition) is 7. The molecule has 2 aliphatic rings. The third kappa shape index (κ3) is 7.20. The molecule has 10 heteroatoms. The van der Waals surface area contributed by atoms with Gasteiger partial charge in [-0.15, -0.1) is 11.8 Å². The van der Waals surface area contributed by atoms with Gasteiger partial charge in [-0.05, 0) is 58.4 Å². The van der Waals surface area contributed by atoms with Crippen LogP contribution in [0.1, 0.15) is 52.0 Å². The Labute approximate surface area is 210 Å². The van der Waals surface area contributed by atoms with Gasteiger partial charge in [0.05, 0.1) is 10.7 Å². The number of carboxylic acids is 1. The van der Waals surface area contributed by atoms with Crippen LogP contribution in [-0.4, -0.2) is 75.2 Å². The minimum absolute atomic E-state index is 0.0145. The molecule has 35 heavy (non-hydrogen) atoms. The number of carbonyl (C=O) groups excluding carboxylic acids is 3. The molecule has 2 fully saturated rings. The Morgan fingerprint density at radius 2 is 1.80 bits per heavy atom. The lowest BCUT2D eigenvalue weighted by molar-refractivity contribution is -0.174. The molecule has 2 saturated heterocycles. The quantitative estimate of drug-likeness (QED) is 0.409. The number of esters is 1. The first kappa shape index (κ1) is 27.0. The Morgan fingerprint density at radius 1 is 1.14 bits per heavy atom. The summed E-state index contributed by atoms with van der Waals surface area (Å²) in [5.74, 6) is -2.09.